The van der Waals surface area contributed by atoms with E-state index in [1.807, 2.05) is 6.92 Å². The number of nitrogens with zero attached hydrogens (tertiary/aromatic N) is 2. The van der Waals surface area contributed by atoms with Crippen LogP contribution >= 0.6 is 0 Å². The molecule has 3 aromatic rings. The van der Waals surface area contributed by atoms with Crippen LogP contribution in [0.3, 0.4) is 0 Å². The molecular weight excluding hydrogens is 540 g/mol. The third-order valence-corrected chi connectivity index (χ3v) is 7.77. The third-order valence-electron chi connectivity index (χ3n) is 5.98. The zero-order valence-corrected chi connectivity index (χ0v) is 23.6. The normalized spacial score (nSPS) is 12.1. The number of hydrogen-bond donors (Lipinski definition) is 1. The van der Waals surface area contributed by atoms with Crippen LogP contribution in [-0.4, -0.2) is 50.4 Å². The molecule has 0 bridgehead atoms. The molecule has 0 fully saturated rings. The lowest BCUT2D eigenvalue weighted by atomic mass is 10.1. The molecule has 0 aromatic heterocycles. The molecule has 11 heteroatoms. The maximum Gasteiger partial charge on any atom is 0.264 e. The van der Waals surface area contributed by atoms with Crippen molar-refractivity contribution in [2.45, 2.75) is 51.2 Å². The number of carbonyl (C=O) groups excluding carboxylic acids is 2. The highest BCUT2D eigenvalue weighted by molar-refractivity contribution is 7.92. The van der Waals surface area contributed by atoms with Crippen LogP contribution in [0.4, 0.5) is 14.5 Å². The number of halogens is 2. The highest BCUT2D eigenvalue weighted by Gasteiger charge is 2.32. The fourth-order valence-electron chi connectivity index (χ4n) is 3.91. The van der Waals surface area contributed by atoms with E-state index in [4.69, 9.17) is 4.74 Å². The second-order valence-corrected chi connectivity index (χ2v) is 11.2. The van der Waals surface area contributed by atoms with Crippen molar-refractivity contribution in [3.63, 3.8) is 0 Å². The van der Waals surface area contributed by atoms with Crippen molar-refractivity contribution in [1.29, 1.82) is 0 Å². The van der Waals surface area contributed by atoms with Crippen LogP contribution in [-0.2, 0) is 26.2 Å². The molecule has 0 spiro atoms. The molecule has 0 aliphatic carbocycles. The summed E-state index contributed by atoms with van der Waals surface area (Å²) in [5.74, 6) is -1.67. The van der Waals surface area contributed by atoms with Crippen LogP contribution in [0.25, 0.3) is 0 Å². The smallest absolute Gasteiger partial charge is 0.264 e. The Morgan fingerprint density at radius 2 is 1.43 bits per heavy atom. The van der Waals surface area contributed by atoms with E-state index < -0.39 is 46.1 Å². The van der Waals surface area contributed by atoms with Crippen LogP contribution in [0.15, 0.2) is 77.7 Å². The summed E-state index contributed by atoms with van der Waals surface area (Å²) in [6, 6.07) is 14.7. The van der Waals surface area contributed by atoms with Gasteiger partial charge in [0.1, 0.15) is 30.0 Å². The fraction of sp³-hybridized carbons (Fsp3) is 0.310. The van der Waals surface area contributed by atoms with Crippen LogP contribution < -0.4 is 14.4 Å². The van der Waals surface area contributed by atoms with Crippen LogP contribution in [0.2, 0.25) is 0 Å². The average molecular weight is 574 g/mol. The third kappa shape index (κ3) is 7.78. The summed E-state index contributed by atoms with van der Waals surface area (Å²) in [6.45, 7) is 6.58. The van der Waals surface area contributed by atoms with Crippen molar-refractivity contribution in [3.8, 4) is 5.75 Å². The van der Waals surface area contributed by atoms with Gasteiger partial charge in [0.05, 0.1) is 17.2 Å². The molecule has 0 heterocycles. The largest absolute Gasteiger partial charge is 0.494 e. The summed E-state index contributed by atoms with van der Waals surface area (Å²) in [5, 5.41) is 2.76. The molecule has 0 saturated carbocycles. The summed E-state index contributed by atoms with van der Waals surface area (Å²) in [5.41, 5.74) is 0.718. The predicted octanol–water partition coefficient (Wildman–Crippen LogP) is 4.50. The van der Waals surface area contributed by atoms with Crippen molar-refractivity contribution in [1.82, 2.24) is 10.2 Å². The Bertz CT molecular complexity index is 1400. The first-order chi connectivity index (χ1) is 18.9. The maximum absolute atomic E-state index is 13.8. The number of amides is 2. The molecule has 3 aromatic carbocycles. The number of benzene rings is 3. The van der Waals surface area contributed by atoms with Crippen molar-refractivity contribution in [3.05, 3.63) is 90.0 Å². The van der Waals surface area contributed by atoms with E-state index >= 15 is 0 Å². The number of ether oxygens (including phenoxy) is 1. The van der Waals surface area contributed by atoms with Crippen molar-refractivity contribution in [2.75, 3.05) is 17.5 Å². The van der Waals surface area contributed by atoms with Gasteiger partial charge in [0, 0.05) is 12.6 Å². The first-order valence-electron chi connectivity index (χ1n) is 12.8. The zero-order valence-electron chi connectivity index (χ0n) is 22.8. The molecule has 0 unspecified atom stereocenters. The predicted molar refractivity (Wildman–Crippen MR) is 148 cm³/mol. The minimum atomic E-state index is -4.34. The molecule has 0 aliphatic heterocycles. The number of rotatable bonds is 12. The highest BCUT2D eigenvalue weighted by Crippen LogP contribution is 2.27. The number of carbonyl (C=O) groups is 2. The van der Waals surface area contributed by atoms with Gasteiger partial charge in [0.25, 0.3) is 10.0 Å². The molecule has 214 valence electrons. The highest BCUT2D eigenvalue weighted by atomic mass is 32.2. The van der Waals surface area contributed by atoms with Gasteiger partial charge in [-0.1, -0.05) is 12.1 Å². The van der Waals surface area contributed by atoms with E-state index in [1.165, 1.54) is 48.2 Å². The van der Waals surface area contributed by atoms with Crippen molar-refractivity contribution >= 4 is 27.5 Å². The molecule has 2 amide bonds. The monoisotopic (exact) mass is 573 g/mol. The van der Waals surface area contributed by atoms with Crippen LogP contribution in [0.1, 0.15) is 33.3 Å². The first kappa shape index (κ1) is 30.6. The Labute approximate surface area is 233 Å². The lowest BCUT2D eigenvalue weighted by molar-refractivity contribution is -0.139. The van der Waals surface area contributed by atoms with Gasteiger partial charge < -0.3 is 15.0 Å². The number of anilines is 1. The Morgan fingerprint density at radius 3 is 1.95 bits per heavy atom. The van der Waals surface area contributed by atoms with Gasteiger partial charge in [-0.3, -0.25) is 13.9 Å². The molecule has 1 atom stereocenters. The van der Waals surface area contributed by atoms with Gasteiger partial charge in [-0.05, 0) is 93.9 Å². The van der Waals surface area contributed by atoms with E-state index in [0.29, 0.717) is 17.9 Å². The lowest BCUT2D eigenvalue weighted by Crippen LogP contribution is -2.52. The minimum absolute atomic E-state index is 0.0699. The van der Waals surface area contributed by atoms with Gasteiger partial charge >= 0.3 is 0 Å². The Hall–Kier alpha value is -3.99. The molecule has 0 saturated heterocycles. The number of hydrogen-bond acceptors (Lipinski definition) is 5. The standard InChI is InChI=1S/C29H33F2N3O5S/c1-5-39-26-14-12-25(13-15-26)34(40(37,38)27-16-10-24(31)11-17-27)19-28(35)33(21(4)29(36)32-20(2)3)18-22-6-8-23(30)9-7-22/h6-17,20-21H,5,18-19H2,1-4H3,(H,32,36)/t21-/m1/s1. The second kappa shape index (κ2) is 13.4. The van der Waals surface area contributed by atoms with E-state index in [2.05, 4.69) is 5.32 Å². The van der Waals surface area contributed by atoms with E-state index in [-0.39, 0.29) is 23.2 Å². The lowest BCUT2D eigenvalue weighted by Gasteiger charge is -2.32. The molecule has 8 nitrogen and oxygen atoms in total. The molecule has 1 N–H and O–H groups in total. The summed E-state index contributed by atoms with van der Waals surface area (Å²) < 4.78 is 60.9. The van der Waals surface area contributed by atoms with Gasteiger partial charge in [-0.2, -0.15) is 0 Å². The first-order valence-corrected chi connectivity index (χ1v) is 14.2. The fourth-order valence-corrected chi connectivity index (χ4v) is 5.33. The average Bonchev–Trinajstić information content (AvgIpc) is 2.91. The van der Waals surface area contributed by atoms with Crippen LogP contribution in [0, 0.1) is 11.6 Å². The van der Waals surface area contributed by atoms with E-state index in [0.717, 1.165) is 28.6 Å². The van der Waals surface area contributed by atoms with Gasteiger partial charge in [-0.25, -0.2) is 17.2 Å². The van der Waals surface area contributed by atoms with Crippen LogP contribution in [0.5, 0.6) is 5.75 Å². The molecule has 40 heavy (non-hydrogen) atoms. The summed E-state index contributed by atoms with van der Waals surface area (Å²) in [6.07, 6.45) is 0. The molecular formula is C29H33F2N3O5S. The van der Waals surface area contributed by atoms with Crippen molar-refractivity contribution < 1.29 is 31.5 Å². The van der Waals surface area contributed by atoms with Gasteiger partial charge in [0.15, 0.2) is 0 Å². The van der Waals surface area contributed by atoms with Gasteiger partial charge in [0.2, 0.25) is 11.8 Å². The second-order valence-electron chi connectivity index (χ2n) is 9.38. The van der Waals surface area contributed by atoms with Crippen molar-refractivity contribution in [2.24, 2.45) is 0 Å². The SMILES string of the molecule is CCOc1ccc(N(CC(=O)N(Cc2ccc(F)cc2)[C@H](C)C(=O)NC(C)C)S(=O)(=O)c2ccc(F)cc2)cc1. The molecule has 0 radical (unpaired) electrons. The quantitative estimate of drug-likeness (QED) is 0.344. The number of sulfonamides is 1. The summed E-state index contributed by atoms with van der Waals surface area (Å²) in [7, 11) is -4.34. The zero-order chi connectivity index (χ0) is 29.4. The Balaban J connectivity index is 2.02. The Morgan fingerprint density at radius 1 is 0.875 bits per heavy atom. The van der Waals surface area contributed by atoms with E-state index in [9.17, 15) is 26.8 Å². The Kier molecular flexibility index (Phi) is 10.2. The molecule has 3 rings (SSSR count). The molecule has 0 aliphatic rings. The topological polar surface area (TPSA) is 96.0 Å². The number of nitrogens with one attached hydrogen (secondary N) is 1. The summed E-state index contributed by atoms with van der Waals surface area (Å²) in [4.78, 5) is 27.7. The maximum atomic E-state index is 13.8. The minimum Gasteiger partial charge on any atom is -0.494 e. The van der Waals surface area contributed by atoms with E-state index in [1.54, 1.807) is 26.0 Å². The van der Waals surface area contributed by atoms with Gasteiger partial charge in [-0.15, -0.1) is 0 Å². The summed E-state index contributed by atoms with van der Waals surface area (Å²) >= 11 is 0.